The van der Waals surface area contributed by atoms with E-state index in [1.165, 1.54) is 19.1 Å². The summed E-state index contributed by atoms with van der Waals surface area (Å²) in [5, 5.41) is 3.56. The Balaban J connectivity index is 1.93. The highest BCUT2D eigenvalue weighted by molar-refractivity contribution is 7.91. The number of amides is 1. The highest BCUT2D eigenvalue weighted by atomic mass is 35.5. The third-order valence-corrected chi connectivity index (χ3v) is 6.32. The highest BCUT2D eigenvalue weighted by Gasteiger charge is 2.32. The molecule has 1 aliphatic heterocycles. The summed E-state index contributed by atoms with van der Waals surface area (Å²) < 4.78 is 33.5. The van der Waals surface area contributed by atoms with E-state index in [1.54, 1.807) is 19.2 Å². The predicted octanol–water partition coefficient (Wildman–Crippen LogP) is 1.80. The van der Waals surface area contributed by atoms with Gasteiger partial charge in [0.25, 0.3) is 0 Å². The molecule has 0 aromatic heterocycles. The summed E-state index contributed by atoms with van der Waals surface area (Å²) in [6.45, 7) is 0.379. The lowest BCUT2D eigenvalue weighted by Crippen LogP contribution is -2.38. The molecule has 1 aromatic rings. The molecular formula is C16H23ClN2O5S. The largest absolute Gasteiger partial charge is 0.495 e. The van der Waals surface area contributed by atoms with Crippen molar-refractivity contribution >= 4 is 33.0 Å². The van der Waals surface area contributed by atoms with Crippen LogP contribution in [0, 0.1) is 0 Å². The molecule has 0 aliphatic carbocycles. The summed E-state index contributed by atoms with van der Waals surface area (Å²) in [4.78, 5) is 13.8. The predicted molar refractivity (Wildman–Crippen MR) is 97.5 cm³/mol. The van der Waals surface area contributed by atoms with Gasteiger partial charge in [0, 0.05) is 38.2 Å². The summed E-state index contributed by atoms with van der Waals surface area (Å²) in [6.07, 6.45) is 0.737. The van der Waals surface area contributed by atoms with Crippen molar-refractivity contribution in [2.75, 3.05) is 44.6 Å². The van der Waals surface area contributed by atoms with E-state index in [2.05, 4.69) is 5.32 Å². The first-order valence-electron chi connectivity index (χ1n) is 7.89. The number of carbonyl (C=O) groups excluding carboxylic acids is 1. The first kappa shape index (κ1) is 19.7. The summed E-state index contributed by atoms with van der Waals surface area (Å²) in [5.74, 6) is 1.15. The van der Waals surface area contributed by atoms with Crippen molar-refractivity contribution in [3.8, 4) is 11.5 Å². The molecule has 1 heterocycles. The minimum absolute atomic E-state index is 0.0465. The Labute approximate surface area is 153 Å². The zero-order valence-electron chi connectivity index (χ0n) is 14.5. The van der Waals surface area contributed by atoms with Crippen molar-refractivity contribution in [1.29, 1.82) is 0 Å². The van der Waals surface area contributed by atoms with Crippen LogP contribution in [0.5, 0.6) is 11.5 Å². The molecule has 1 saturated heterocycles. The third-order valence-electron chi connectivity index (χ3n) is 4.28. The molecule has 1 unspecified atom stereocenters. The van der Waals surface area contributed by atoms with E-state index in [1.807, 2.05) is 0 Å². The number of nitrogens with zero attached hydrogens (tertiary/aromatic N) is 1. The SMILES string of the molecule is COc1cc(NCCC(=O)N(C)C2CCS(=O)(=O)C2)c(OC)cc1Cl. The Kier molecular flexibility index (Phi) is 6.40. The Bertz CT molecular complexity index is 738. The molecule has 140 valence electrons. The van der Waals surface area contributed by atoms with Crippen LogP contribution in [-0.4, -0.2) is 64.6 Å². The number of hydrogen-bond donors (Lipinski definition) is 1. The van der Waals surface area contributed by atoms with Crippen molar-refractivity contribution in [3.05, 3.63) is 17.2 Å². The molecule has 1 fully saturated rings. The molecule has 0 spiro atoms. The van der Waals surface area contributed by atoms with Gasteiger partial charge in [-0.15, -0.1) is 0 Å². The fourth-order valence-corrected chi connectivity index (χ4v) is 4.77. The Morgan fingerprint density at radius 3 is 2.56 bits per heavy atom. The van der Waals surface area contributed by atoms with E-state index in [9.17, 15) is 13.2 Å². The molecule has 0 bridgehead atoms. The van der Waals surface area contributed by atoms with Crippen LogP contribution in [0.4, 0.5) is 5.69 Å². The second-order valence-electron chi connectivity index (χ2n) is 5.93. The zero-order chi connectivity index (χ0) is 18.6. The van der Waals surface area contributed by atoms with Gasteiger partial charge in [-0.1, -0.05) is 11.6 Å². The van der Waals surface area contributed by atoms with Crippen molar-refractivity contribution in [3.63, 3.8) is 0 Å². The second kappa shape index (κ2) is 8.14. The van der Waals surface area contributed by atoms with Crippen molar-refractivity contribution in [2.45, 2.75) is 18.9 Å². The molecule has 9 heteroatoms. The van der Waals surface area contributed by atoms with Crippen molar-refractivity contribution in [1.82, 2.24) is 4.90 Å². The number of rotatable bonds is 7. The number of sulfone groups is 1. The number of carbonyl (C=O) groups is 1. The van der Waals surface area contributed by atoms with Gasteiger partial charge in [0.15, 0.2) is 9.84 Å². The maximum Gasteiger partial charge on any atom is 0.224 e. The zero-order valence-corrected chi connectivity index (χ0v) is 16.1. The third kappa shape index (κ3) is 4.92. The van der Waals surface area contributed by atoms with Gasteiger partial charge in [-0.3, -0.25) is 4.79 Å². The summed E-state index contributed by atoms with van der Waals surface area (Å²) in [5.41, 5.74) is 0.669. The molecule has 0 saturated carbocycles. The van der Waals surface area contributed by atoms with Crippen LogP contribution < -0.4 is 14.8 Å². The van der Waals surface area contributed by atoms with Crippen LogP contribution in [0.1, 0.15) is 12.8 Å². The molecule has 1 aliphatic rings. The average molecular weight is 391 g/mol. The van der Waals surface area contributed by atoms with Crippen LogP contribution in [0.15, 0.2) is 12.1 Å². The van der Waals surface area contributed by atoms with Crippen molar-refractivity contribution < 1.29 is 22.7 Å². The normalized spacial score (nSPS) is 18.6. The number of hydrogen-bond acceptors (Lipinski definition) is 6. The molecule has 2 rings (SSSR count). The highest BCUT2D eigenvalue weighted by Crippen LogP contribution is 2.35. The number of anilines is 1. The van der Waals surface area contributed by atoms with Crippen LogP contribution in [-0.2, 0) is 14.6 Å². The van der Waals surface area contributed by atoms with E-state index < -0.39 is 9.84 Å². The van der Waals surface area contributed by atoms with E-state index >= 15 is 0 Å². The maximum absolute atomic E-state index is 12.3. The summed E-state index contributed by atoms with van der Waals surface area (Å²) >= 11 is 6.06. The standard InChI is InChI=1S/C16H23ClN2O5S/c1-19(11-5-7-25(21,22)10-11)16(20)4-6-18-13-9-14(23-2)12(17)8-15(13)24-3/h8-9,11,18H,4-7,10H2,1-3H3. The summed E-state index contributed by atoms with van der Waals surface area (Å²) in [7, 11) is 1.69. The molecule has 1 N–H and O–H groups in total. The molecule has 25 heavy (non-hydrogen) atoms. The number of ether oxygens (including phenoxy) is 2. The van der Waals surface area contributed by atoms with Gasteiger partial charge in [-0.05, 0) is 6.42 Å². The lowest BCUT2D eigenvalue weighted by Gasteiger charge is -2.23. The lowest BCUT2D eigenvalue weighted by molar-refractivity contribution is -0.131. The van der Waals surface area contributed by atoms with Gasteiger partial charge < -0.3 is 19.7 Å². The van der Waals surface area contributed by atoms with E-state index in [4.69, 9.17) is 21.1 Å². The molecule has 0 radical (unpaired) electrons. The Morgan fingerprint density at radius 1 is 1.32 bits per heavy atom. The Morgan fingerprint density at radius 2 is 2.00 bits per heavy atom. The molecule has 7 nitrogen and oxygen atoms in total. The van der Waals surface area contributed by atoms with E-state index in [0.717, 1.165) is 0 Å². The average Bonchev–Trinajstić information content (AvgIpc) is 2.94. The monoisotopic (exact) mass is 390 g/mol. The van der Waals surface area contributed by atoms with Gasteiger partial charge >= 0.3 is 0 Å². The number of methoxy groups -OCH3 is 2. The van der Waals surface area contributed by atoms with Gasteiger partial charge in [0.05, 0.1) is 36.4 Å². The number of benzene rings is 1. The van der Waals surface area contributed by atoms with Crippen LogP contribution >= 0.6 is 11.6 Å². The molecular weight excluding hydrogens is 368 g/mol. The maximum atomic E-state index is 12.3. The van der Waals surface area contributed by atoms with E-state index in [0.29, 0.717) is 35.2 Å². The Hall–Kier alpha value is -1.67. The summed E-state index contributed by atoms with van der Waals surface area (Å²) in [6, 6.07) is 3.11. The topological polar surface area (TPSA) is 84.9 Å². The van der Waals surface area contributed by atoms with Gasteiger partial charge in [0.1, 0.15) is 11.5 Å². The quantitative estimate of drug-likeness (QED) is 0.764. The van der Waals surface area contributed by atoms with Crippen LogP contribution in [0.2, 0.25) is 5.02 Å². The first-order chi connectivity index (χ1) is 11.8. The fourth-order valence-electron chi connectivity index (χ4n) is 2.76. The minimum Gasteiger partial charge on any atom is -0.495 e. The number of halogens is 1. The molecule has 1 amide bonds. The minimum atomic E-state index is -3.01. The van der Waals surface area contributed by atoms with Gasteiger partial charge in [-0.2, -0.15) is 0 Å². The van der Waals surface area contributed by atoms with Gasteiger partial charge in [0.2, 0.25) is 5.91 Å². The second-order valence-corrected chi connectivity index (χ2v) is 8.56. The smallest absolute Gasteiger partial charge is 0.224 e. The van der Waals surface area contributed by atoms with Crippen molar-refractivity contribution in [2.24, 2.45) is 0 Å². The first-order valence-corrected chi connectivity index (χ1v) is 10.1. The fraction of sp³-hybridized carbons (Fsp3) is 0.562. The molecule has 1 atom stereocenters. The van der Waals surface area contributed by atoms with Crippen LogP contribution in [0.3, 0.4) is 0 Å². The van der Waals surface area contributed by atoms with Crippen LogP contribution in [0.25, 0.3) is 0 Å². The lowest BCUT2D eigenvalue weighted by atomic mass is 10.2. The number of nitrogens with one attached hydrogen (secondary N) is 1. The van der Waals surface area contributed by atoms with Gasteiger partial charge in [-0.25, -0.2) is 8.42 Å². The van der Waals surface area contributed by atoms with E-state index in [-0.39, 0.29) is 29.9 Å². The molecule has 1 aromatic carbocycles.